The van der Waals surface area contributed by atoms with Crippen LogP contribution in [0.4, 0.5) is 0 Å². The molecule has 0 aromatic heterocycles. The molecule has 1 fully saturated rings. The van der Waals surface area contributed by atoms with E-state index in [1.807, 2.05) is 0 Å². The highest BCUT2D eigenvalue weighted by Gasteiger charge is 2.39. The summed E-state index contributed by atoms with van der Waals surface area (Å²) >= 11 is 0. The monoisotopic (exact) mass is 239 g/mol. The van der Waals surface area contributed by atoms with Crippen LogP contribution < -0.4 is 5.73 Å². The summed E-state index contributed by atoms with van der Waals surface area (Å²) in [5, 5.41) is 0. The second kappa shape index (κ2) is 6.78. The fourth-order valence-corrected chi connectivity index (χ4v) is 3.67. The van der Waals surface area contributed by atoms with Gasteiger partial charge in [0, 0.05) is 6.04 Å². The van der Waals surface area contributed by atoms with E-state index in [-0.39, 0.29) is 0 Å². The Balaban J connectivity index is 2.46. The molecule has 2 N–H and O–H groups in total. The topological polar surface area (TPSA) is 26.0 Å². The summed E-state index contributed by atoms with van der Waals surface area (Å²) in [5.74, 6) is 1.62. The lowest BCUT2D eigenvalue weighted by Crippen LogP contribution is -2.40. The van der Waals surface area contributed by atoms with Gasteiger partial charge in [0.15, 0.2) is 0 Å². The highest BCUT2D eigenvalue weighted by Crippen LogP contribution is 2.46. The first-order valence-corrected chi connectivity index (χ1v) is 7.72. The van der Waals surface area contributed by atoms with Gasteiger partial charge in [0.2, 0.25) is 0 Å². The Morgan fingerprint density at radius 1 is 0.941 bits per heavy atom. The third-order valence-corrected chi connectivity index (χ3v) is 4.50. The van der Waals surface area contributed by atoms with Crippen molar-refractivity contribution < 1.29 is 0 Å². The standard InChI is InChI=1S/C16H33N/c1-13(2)8-7-9-15(17)16(12-14(3)4)10-5-6-11-16/h13-15H,5-12,17H2,1-4H3. The van der Waals surface area contributed by atoms with Gasteiger partial charge in [0.25, 0.3) is 0 Å². The molecule has 0 radical (unpaired) electrons. The summed E-state index contributed by atoms with van der Waals surface area (Å²) in [7, 11) is 0. The van der Waals surface area contributed by atoms with Gasteiger partial charge in [-0.2, -0.15) is 0 Å². The van der Waals surface area contributed by atoms with Crippen molar-refractivity contribution >= 4 is 0 Å². The minimum absolute atomic E-state index is 0.450. The van der Waals surface area contributed by atoms with Crippen molar-refractivity contribution in [1.29, 1.82) is 0 Å². The molecule has 1 unspecified atom stereocenters. The van der Waals surface area contributed by atoms with E-state index in [0.717, 1.165) is 11.8 Å². The molecule has 0 aromatic rings. The Morgan fingerprint density at radius 3 is 2.00 bits per heavy atom. The molecule has 1 rings (SSSR count). The molecule has 0 aromatic carbocycles. The van der Waals surface area contributed by atoms with Gasteiger partial charge in [-0.15, -0.1) is 0 Å². The number of hydrogen-bond acceptors (Lipinski definition) is 1. The van der Waals surface area contributed by atoms with Gasteiger partial charge >= 0.3 is 0 Å². The van der Waals surface area contributed by atoms with Crippen molar-refractivity contribution in [3.05, 3.63) is 0 Å². The van der Waals surface area contributed by atoms with Crippen molar-refractivity contribution in [3.63, 3.8) is 0 Å². The lowest BCUT2D eigenvalue weighted by Gasteiger charge is -2.37. The normalized spacial score (nSPS) is 21.4. The van der Waals surface area contributed by atoms with E-state index < -0.39 is 0 Å². The Hall–Kier alpha value is -0.0400. The van der Waals surface area contributed by atoms with Crippen LogP contribution in [0.25, 0.3) is 0 Å². The number of rotatable bonds is 7. The molecule has 0 heterocycles. The van der Waals surface area contributed by atoms with Crippen LogP contribution in [0.2, 0.25) is 0 Å². The quantitative estimate of drug-likeness (QED) is 0.682. The Morgan fingerprint density at radius 2 is 1.53 bits per heavy atom. The van der Waals surface area contributed by atoms with Crippen LogP contribution in [0, 0.1) is 17.3 Å². The maximum atomic E-state index is 6.55. The smallest absolute Gasteiger partial charge is 0.00956 e. The molecule has 0 spiro atoms. The molecule has 0 saturated heterocycles. The molecule has 1 nitrogen and oxygen atoms in total. The minimum Gasteiger partial charge on any atom is -0.327 e. The van der Waals surface area contributed by atoms with Gasteiger partial charge in [0.05, 0.1) is 0 Å². The fraction of sp³-hybridized carbons (Fsp3) is 1.00. The second-order valence-corrected chi connectivity index (χ2v) is 7.10. The van der Waals surface area contributed by atoms with Crippen molar-refractivity contribution in [1.82, 2.24) is 0 Å². The SMILES string of the molecule is CC(C)CCCC(N)C1(CC(C)C)CCCC1. The molecule has 1 aliphatic rings. The van der Waals surface area contributed by atoms with Crippen LogP contribution in [0.1, 0.15) is 79.1 Å². The average Bonchev–Trinajstić information content (AvgIpc) is 2.65. The van der Waals surface area contributed by atoms with Crippen LogP contribution >= 0.6 is 0 Å². The van der Waals surface area contributed by atoms with E-state index in [0.29, 0.717) is 11.5 Å². The largest absolute Gasteiger partial charge is 0.327 e. The minimum atomic E-state index is 0.450. The predicted octanol–water partition coefficient (Wildman–Crippen LogP) is 4.75. The Bertz CT molecular complexity index is 202. The molecule has 17 heavy (non-hydrogen) atoms. The van der Waals surface area contributed by atoms with Gasteiger partial charge in [0.1, 0.15) is 0 Å². The third kappa shape index (κ3) is 4.62. The zero-order chi connectivity index (χ0) is 12.9. The lowest BCUT2D eigenvalue weighted by molar-refractivity contribution is 0.172. The summed E-state index contributed by atoms with van der Waals surface area (Å²) in [6.45, 7) is 9.32. The molecule has 102 valence electrons. The summed E-state index contributed by atoms with van der Waals surface area (Å²) in [6.07, 6.45) is 10.8. The summed E-state index contributed by atoms with van der Waals surface area (Å²) in [6, 6.07) is 0.450. The lowest BCUT2D eigenvalue weighted by atomic mass is 9.71. The molecular weight excluding hydrogens is 206 g/mol. The van der Waals surface area contributed by atoms with E-state index in [4.69, 9.17) is 5.73 Å². The molecule has 1 aliphatic carbocycles. The van der Waals surface area contributed by atoms with Gasteiger partial charge < -0.3 is 5.73 Å². The highest BCUT2D eigenvalue weighted by molar-refractivity contribution is 4.93. The Labute approximate surface area is 109 Å². The predicted molar refractivity (Wildman–Crippen MR) is 77.0 cm³/mol. The fourth-order valence-electron chi connectivity index (χ4n) is 3.67. The van der Waals surface area contributed by atoms with E-state index in [9.17, 15) is 0 Å². The van der Waals surface area contributed by atoms with Gasteiger partial charge in [-0.25, -0.2) is 0 Å². The molecular formula is C16H33N. The third-order valence-electron chi connectivity index (χ3n) is 4.50. The zero-order valence-electron chi connectivity index (χ0n) is 12.5. The van der Waals surface area contributed by atoms with E-state index in [1.165, 1.54) is 51.4 Å². The molecule has 0 amide bonds. The molecule has 1 atom stereocenters. The van der Waals surface area contributed by atoms with E-state index >= 15 is 0 Å². The van der Waals surface area contributed by atoms with Crippen molar-refractivity contribution in [2.75, 3.05) is 0 Å². The highest BCUT2D eigenvalue weighted by atomic mass is 14.7. The first kappa shape index (κ1) is 15.0. The van der Waals surface area contributed by atoms with Crippen molar-refractivity contribution in [2.45, 2.75) is 85.1 Å². The molecule has 1 saturated carbocycles. The second-order valence-electron chi connectivity index (χ2n) is 7.10. The van der Waals surface area contributed by atoms with E-state index in [2.05, 4.69) is 27.7 Å². The number of nitrogens with two attached hydrogens (primary N) is 1. The van der Waals surface area contributed by atoms with Gasteiger partial charge in [-0.3, -0.25) is 0 Å². The molecule has 1 heteroatoms. The van der Waals surface area contributed by atoms with Crippen molar-refractivity contribution in [3.8, 4) is 0 Å². The summed E-state index contributed by atoms with van der Waals surface area (Å²) in [5.41, 5.74) is 7.04. The summed E-state index contributed by atoms with van der Waals surface area (Å²) < 4.78 is 0. The van der Waals surface area contributed by atoms with Gasteiger partial charge in [-0.1, -0.05) is 53.4 Å². The van der Waals surface area contributed by atoms with Crippen molar-refractivity contribution in [2.24, 2.45) is 23.0 Å². The zero-order valence-corrected chi connectivity index (χ0v) is 12.5. The van der Waals surface area contributed by atoms with Gasteiger partial charge in [-0.05, 0) is 42.9 Å². The first-order chi connectivity index (χ1) is 7.96. The van der Waals surface area contributed by atoms with Crippen LogP contribution in [-0.2, 0) is 0 Å². The number of hydrogen-bond donors (Lipinski definition) is 1. The maximum absolute atomic E-state index is 6.55. The van der Waals surface area contributed by atoms with Crippen LogP contribution in [0.5, 0.6) is 0 Å². The van der Waals surface area contributed by atoms with Crippen LogP contribution in [0.15, 0.2) is 0 Å². The molecule has 0 aliphatic heterocycles. The van der Waals surface area contributed by atoms with Crippen LogP contribution in [0.3, 0.4) is 0 Å². The van der Waals surface area contributed by atoms with Crippen LogP contribution in [-0.4, -0.2) is 6.04 Å². The summed E-state index contributed by atoms with van der Waals surface area (Å²) in [4.78, 5) is 0. The molecule has 0 bridgehead atoms. The average molecular weight is 239 g/mol. The Kier molecular flexibility index (Phi) is 5.99. The first-order valence-electron chi connectivity index (χ1n) is 7.72. The maximum Gasteiger partial charge on any atom is 0.00956 e. The van der Waals surface area contributed by atoms with E-state index in [1.54, 1.807) is 0 Å².